The molecule has 0 aromatic heterocycles. The first-order chi connectivity index (χ1) is 7.37. The van der Waals surface area contributed by atoms with Crippen LogP contribution in [0.4, 0.5) is 13.2 Å². The molecule has 0 aliphatic rings. The molecule has 1 aromatic carbocycles. The zero-order valence-corrected chi connectivity index (χ0v) is 10.1. The van der Waals surface area contributed by atoms with Crippen molar-refractivity contribution >= 4 is 15.9 Å². The Kier molecular flexibility index (Phi) is 4.80. The van der Waals surface area contributed by atoms with E-state index in [0.29, 0.717) is 0 Å². The lowest BCUT2D eigenvalue weighted by molar-refractivity contribution is -0.139. The van der Waals surface area contributed by atoms with E-state index in [9.17, 15) is 18.3 Å². The molecular weight excluding hydrogens is 285 g/mol. The van der Waals surface area contributed by atoms with Crippen LogP contribution in [0.5, 0.6) is 0 Å². The van der Waals surface area contributed by atoms with E-state index >= 15 is 0 Å². The van der Waals surface area contributed by atoms with Crippen LogP contribution in [-0.2, 0) is 6.42 Å². The summed E-state index contributed by atoms with van der Waals surface area (Å²) in [5.41, 5.74) is 0.831. The van der Waals surface area contributed by atoms with Crippen LogP contribution < -0.4 is 0 Å². The molecule has 0 spiro atoms. The van der Waals surface area contributed by atoms with Crippen molar-refractivity contribution in [2.75, 3.05) is 0 Å². The Bertz CT molecular complexity index is 321. The van der Waals surface area contributed by atoms with Crippen LogP contribution in [0.1, 0.15) is 18.4 Å². The standard InChI is InChI=1S/C11H12BrF3O/c12-9-3-1-8(2-4-9)7-10(16)5-6-11(13,14)15/h1-4,10,16H,5-7H2. The molecule has 0 saturated carbocycles. The van der Waals surface area contributed by atoms with Gasteiger partial charge >= 0.3 is 6.18 Å². The number of hydrogen-bond donors (Lipinski definition) is 1. The largest absolute Gasteiger partial charge is 0.393 e. The maximum atomic E-state index is 11.9. The average molecular weight is 297 g/mol. The van der Waals surface area contributed by atoms with E-state index in [1.165, 1.54) is 0 Å². The van der Waals surface area contributed by atoms with Gasteiger partial charge in [0.05, 0.1) is 6.10 Å². The fraction of sp³-hybridized carbons (Fsp3) is 0.455. The van der Waals surface area contributed by atoms with E-state index in [1.54, 1.807) is 24.3 Å². The molecule has 0 fully saturated rings. The molecule has 90 valence electrons. The van der Waals surface area contributed by atoms with Crippen LogP contribution in [0.25, 0.3) is 0 Å². The Morgan fingerprint density at radius 1 is 1.19 bits per heavy atom. The molecule has 0 radical (unpaired) electrons. The molecule has 1 aromatic rings. The molecule has 1 rings (SSSR count). The summed E-state index contributed by atoms with van der Waals surface area (Å²) in [6, 6.07) is 7.15. The van der Waals surface area contributed by atoms with E-state index in [1.807, 2.05) is 0 Å². The summed E-state index contributed by atoms with van der Waals surface area (Å²) in [6.45, 7) is 0. The Balaban J connectivity index is 2.39. The second-order valence-electron chi connectivity index (χ2n) is 3.64. The summed E-state index contributed by atoms with van der Waals surface area (Å²) in [6.07, 6.45) is -6.07. The number of alkyl halides is 3. The van der Waals surface area contributed by atoms with Crippen molar-refractivity contribution in [2.45, 2.75) is 31.5 Å². The number of halogens is 4. The quantitative estimate of drug-likeness (QED) is 0.898. The van der Waals surface area contributed by atoms with Crippen molar-refractivity contribution in [3.8, 4) is 0 Å². The second kappa shape index (κ2) is 5.68. The predicted molar refractivity (Wildman–Crippen MR) is 59.1 cm³/mol. The number of benzene rings is 1. The summed E-state index contributed by atoms with van der Waals surface area (Å²) in [7, 11) is 0. The fourth-order valence-corrected chi connectivity index (χ4v) is 1.59. The van der Waals surface area contributed by atoms with Gasteiger partial charge in [-0.25, -0.2) is 0 Å². The molecule has 0 amide bonds. The van der Waals surface area contributed by atoms with Gasteiger partial charge in [0.15, 0.2) is 0 Å². The maximum Gasteiger partial charge on any atom is 0.389 e. The highest BCUT2D eigenvalue weighted by Gasteiger charge is 2.27. The predicted octanol–water partition coefficient (Wildman–Crippen LogP) is 3.70. The molecule has 0 aliphatic heterocycles. The first-order valence-electron chi connectivity index (χ1n) is 4.86. The van der Waals surface area contributed by atoms with Crippen LogP contribution in [0.15, 0.2) is 28.7 Å². The third kappa shape index (κ3) is 5.51. The minimum Gasteiger partial charge on any atom is -0.393 e. The van der Waals surface area contributed by atoms with Gasteiger partial charge < -0.3 is 5.11 Å². The van der Waals surface area contributed by atoms with Gasteiger partial charge in [-0.15, -0.1) is 0 Å². The molecule has 1 atom stereocenters. The van der Waals surface area contributed by atoms with Crippen molar-refractivity contribution in [3.05, 3.63) is 34.3 Å². The van der Waals surface area contributed by atoms with Gasteiger partial charge in [0.25, 0.3) is 0 Å². The SMILES string of the molecule is OC(CCC(F)(F)F)Cc1ccc(Br)cc1. The van der Waals surface area contributed by atoms with Gasteiger partial charge in [0.2, 0.25) is 0 Å². The zero-order valence-electron chi connectivity index (χ0n) is 8.47. The van der Waals surface area contributed by atoms with E-state index < -0.39 is 18.7 Å². The minimum atomic E-state index is -4.19. The molecule has 5 heteroatoms. The molecule has 0 bridgehead atoms. The van der Waals surface area contributed by atoms with E-state index in [0.717, 1.165) is 10.0 Å². The lowest BCUT2D eigenvalue weighted by atomic mass is 10.0. The van der Waals surface area contributed by atoms with Crippen molar-refractivity contribution in [1.29, 1.82) is 0 Å². The summed E-state index contributed by atoms with van der Waals surface area (Å²) in [5.74, 6) is 0. The molecule has 16 heavy (non-hydrogen) atoms. The summed E-state index contributed by atoms with van der Waals surface area (Å²) in [5, 5.41) is 9.42. The molecule has 1 nitrogen and oxygen atoms in total. The van der Waals surface area contributed by atoms with Crippen molar-refractivity contribution in [2.24, 2.45) is 0 Å². The highest BCUT2D eigenvalue weighted by molar-refractivity contribution is 9.10. The van der Waals surface area contributed by atoms with Crippen LogP contribution in [0.3, 0.4) is 0 Å². The number of aliphatic hydroxyl groups excluding tert-OH is 1. The van der Waals surface area contributed by atoms with Gasteiger partial charge in [-0.1, -0.05) is 28.1 Å². The first-order valence-corrected chi connectivity index (χ1v) is 5.65. The molecular formula is C11H12BrF3O. The third-order valence-corrected chi connectivity index (χ3v) is 2.67. The monoisotopic (exact) mass is 296 g/mol. The summed E-state index contributed by atoms with van der Waals surface area (Å²) < 4.78 is 36.6. The molecule has 0 heterocycles. The van der Waals surface area contributed by atoms with Crippen LogP contribution in [-0.4, -0.2) is 17.4 Å². The highest BCUT2D eigenvalue weighted by Crippen LogP contribution is 2.23. The fourth-order valence-electron chi connectivity index (χ4n) is 1.32. The molecule has 1 N–H and O–H groups in total. The number of rotatable bonds is 4. The van der Waals surface area contributed by atoms with E-state index in [-0.39, 0.29) is 12.8 Å². The first kappa shape index (κ1) is 13.5. The third-order valence-electron chi connectivity index (χ3n) is 2.15. The van der Waals surface area contributed by atoms with Crippen LogP contribution in [0.2, 0.25) is 0 Å². The highest BCUT2D eigenvalue weighted by atomic mass is 79.9. The molecule has 0 aliphatic carbocycles. The van der Waals surface area contributed by atoms with Crippen LogP contribution in [0, 0.1) is 0 Å². The Hall–Kier alpha value is -0.550. The smallest absolute Gasteiger partial charge is 0.389 e. The summed E-state index contributed by atoms with van der Waals surface area (Å²) in [4.78, 5) is 0. The van der Waals surface area contributed by atoms with Gasteiger partial charge in [-0.05, 0) is 30.5 Å². The van der Waals surface area contributed by atoms with Gasteiger partial charge in [-0.3, -0.25) is 0 Å². The molecule has 1 unspecified atom stereocenters. The van der Waals surface area contributed by atoms with Crippen LogP contribution >= 0.6 is 15.9 Å². The lowest BCUT2D eigenvalue weighted by Gasteiger charge is -2.12. The minimum absolute atomic E-state index is 0.250. The van der Waals surface area contributed by atoms with Crippen molar-refractivity contribution < 1.29 is 18.3 Å². The maximum absolute atomic E-state index is 11.9. The topological polar surface area (TPSA) is 20.2 Å². The van der Waals surface area contributed by atoms with E-state index in [2.05, 4.69) is 15.9 Å². The van der Waals surface area contributed by atoms with Gasteiger partial charge in [0.1, 0.15) is 0 Å². The Labute approximate surface area is 100 Å². The molecule has 0 saturated heterocycles. The normalized spacial score (nSPS) is 13.8. The average Bonchev–Trinajstić information content (AvgIpc) is 2.18. The van der Waals surface area contributed by atoms with E-state index in [4.69, 9.17) is 0 Å². The lowest BCUT2D eigenvalue weighted by Crippen LogP contribution is -2.16. The number of hydrogen-bond acceptors (Lipinski definition) is 1. The zero-order chi connectivity index (χ0) is 12.2. The van der Waals surface area contributed by atoms with Gasteiger partial charge in [0, 0.05) is 10.9 Å². The Morgan fingerprint density at radius 2 is 1.75 bits per heavy atom. The number of aliphatic hydroxyl groups is 1. The second-order valence-corrected chi connectivity index (χ2v) is 4.55. The summed E-state index contributed by atoms with van der Waals surface area (Å²) >= 11 is 3.26. The van der Waals surface area contributed by atoms with Crippen molar-refractivity contribution in [1.82, 2.24) is 0 Å². The van der Waals surface area contributed by atoms with Gasteiger partial charge in [-0.2, -0.15) is 13.2 Å². The van der Waals surface area contributed by atoms with Crippen molar-refractivity contribution in [3.63, 3.8) is 0 Å². The Morgan fingerprint density at radius 3 is 2.25 bits per heavy atom.